The van der Waals surface area contributed by atoms with Crippen LogP contribution in [0.5, 0.6) is 0 Å². The first-order chi connectivity index (χ1) is 8.50. The molecule has 0 spiro atoms. The quantitative estimate of drug-likeness (QED) is 0.585. The van der Waals surface area contributed by atoms with Crippen molar-refractivity contribution >= 4 is 17.9 Å². The van der Waals surface area contributed by atoms with Gasteiger partial charge in [0, 0.05) is 6.42 Å². The number of carbonyl (C=O) groups is 3. The van der Waals surface area contributed by atoms with Gasteiger partial charge < -0.3 is 15.6 Å². The molecule has 0 bridgehead atoms. The van der Waals surface area contributed by atoms with Crippen molar-refractivity contribution in [3.8, 4) is 0 Å². The highest BCUT2D eigenvalue weighted by molar-refractivity contribution is 5.98. The lowest BCUT2D eigenvalue weighted by atomic mass is 10.2. The van der Waals surface area contributed by atoms with E-state index in [2.05, 4.69) is 4.74 Å². The van der Waals surface area contributed by atoms with E-state index in [-0.39, 0.29) is 18.4 Å². The van der Waals surface area contributed by atoms with Crippen LogP contribution in [0.15, 0.2) is 30.3 Å². The molecule has 0 unspecified atom stereocenters. The largest absolute Gasteiger partial charge is 0.481 e. The molecule has 1 rings (SSSR count). The normalized spacial score (nSPS) is 11.6. The number of benzene rings is 1. The molecule has 0 heterocycles. The molecule has 18 heavy (non-hydrogen) atoms. The van der Waals surface area contributed by atoms with Crippen molar-refractivity contribution in [1.82, 2.24) is 0 Å². The van der Waals surface area contributed by atoms with Gasteiger partial charge in [-0.05, 0) is 18.6 Å². The summed E-state index contributed by atoms with van der Waals surface area (Å²) in [6.45, 7) is 0. The van der Waals surface area contributed by atoms with Gasteiger partial charge in [-0.1, -0.05) is 18.2 Å². The van der Waals surface area contributed by atoms with Crippen molar-refractivity contribution in [2.24, 2.45) is 5.73 Å². The smallest absolute Gasteiger partial charge is 0.345 e. The molecule has 0 fully saturated rings. The number of carboxylic acid groups (broad SMARTS) is 1. The van der Waals surface area contributed by atoms with E-state index in [4.69, 9.17) is 10.8 Å². The van der Waals surface area contributed by atoms with Crippen molar-refractivity contribution in [3.63, 3.8) is 0 Å². The fourth-order valence-electron chi connectivity index (χ4n) is 1.20. The Bertz CT molecular complexity index is 443. The van der Waals surface area contributed by atoms with Crippen molar-refractivity contribution in [2.45, 2.75) is 18.9 Å². The van der Waals surface area contributed by atoms with Gasteiger partial charge in [-0.2, -0.15) is 0 Å². The molecule has 0 saturated heterocycles. The monoisotopic (exact) mass is 251 g/mol. The highest BCUT2D eigenvalue weighted by atomic mass is 16.6. The van der Waals surface area contributed by atoms with Gasteiger partial charge in [-0.25, -0.2) is 9.59 Å². The molecule has 3 N–H and O–H groups in total. The maximum Gasteiger partial charge on any atom is 0.345 e. The first-order valence-corrected chi connectivity index (χ1v) is 5.29. The lowest BCUT2D eigenvalue weighted by Gasteiger charge is -2.08. The van der Waals surface area contributed by atoms with Crippen molar-refractivity contribution in [3.05, 3.63) is 35.9 Å². The summed E-state index contributed by atoms with van der Waals surface area (Å²) in [6.07, 6.45) is -0.327. The summed E-state index contributed by atoms with van der Waals surface area (Å²) in [5.41, 5.74) is 5.63. The second-order valence-electron chi connectivity index (χ2n) is 3.61. The van der Waals surface area contributed by atoms with Gasteiger partial charge in [-0.15, -0.1) is 0 Å². The van der Waals surface area contributed by atoms with Crippen molar-refractivity contribution in [1.29, 1.82) is 0 Å². The summed E-state index contributed by atoms with van der Waals surface area (Å²) in [5.74, 6) is -2.79. The predicted octanol–water partition coefficient (Wildman–Crippen LogP) is 0.562. The topological polar surface area (TPSA) is 107 Å². The van der Waals surface area contributed by atoms with E-state index in [1.54, 1.807) is 18.2 Å². The van der Waals surface area contributed by atoms with Crippen LogP contribution in [0.4, 0.5) is 0 Å². The van der Waals surface area contributed by atoms with Crippen LogP contribution >= 0.6 is 0 Å². The third-order valence-corrected chi connectivity index (χ3v) is 2.17. The Morgan fingerprint density at radius 2 is 1.83 bits per heavy atom. The molecule has 0 radical (unpaired) electrons. The number of hydrogen-bond donors (Lipinski definition) is 2. The Kier molecular flexibility index (Phi) is 5.01. The number of carbonyl (C=O) groups excluding carboxylic acids is 2. The number of aliphatic carboxylic acids is 1. The first kappa shape index (κ1) is 13.9. The molecule has 96 valence electrons. The van der Waals surface area contributed by atoms with E-state index in [1.165, 1.54) is 12.1 Å². The van der Waals surface area contributed by atoms with E-state index in [9.17, 15) is 14.4 Å². The fourth-order valence-corrected chi connectivity index (χ4v) is 1.20. The molecule has 0 aromatic heterocycles. The molecule has 0 amide bonds. The minimum Gasteiger partial charge on any atom is -0.481 e. The molecule has 0 aliphatic heterocycles. The number of rotatable bonds is 5. The molecule has 1 atom stereocenters. The zero-order valence-electron chi connectivity index (χ0n) is 9.54. The Labute approximate surface area is 103 Å². The zero-order valence-corrected chi connectivity index (χ0v) is 9.54. The molecular weight excluding hydrogens is 238 g/mol. The number of carboxylic acids is 1. The average Bonchev–Trinajstić information content (AvgIpc) is 2.36. The summed E-state index contributed by atoms with van der Waals surface area (Å²) < 4.78 is 4.53. The SMILES string of the molecule is N[C@@H](CCC(=O)O)C(=O)OC(=O)c1ccccc1. The molecule has 0 aliphatic carbocycles. The van der Waals surface area contributed by atoms with E-state index in [1.807, 2.05) is 0 Å². The Hall–Kier alpha value is -2.21. The van der Waals surface area contributed by atoms with Crippen LogP contribution in [0.25, 0.3) is 0 Å². The average molecular weight is 251 g/mol. The second-order valence-corrected chi connectivity index (χ2v) is 3.61. The molecule has 6 nitrogen and oxygen atoms in total. The summed E-state index contributed by atoms with van der Waals surface area (Å²) in [5, 5.41) is 8.43. The molecule has 1 aromatic carbocycles. The van der Waals surface area contributed by atoms with Crippen molar-refractivity contribution in [2.75, 3.05) is 0 Å². The van der Waals surface area contributed by atoms with Crippen molar-refractivity contribution < 1.29 is 24.2 Å². The van der Waals surface area contributed by atoms with Crippen LogP contribution in [-0.4, -0.2) is 29.1 Å². The van der Waals surface area contributed by atoms with Gasteiger partial charge in [0.1, 0.15) is 6.04 Å². The van der Waals surface area contributed by atoms with E-state index < -0.39 is 23.9 Å². The summed E-state index contributed by atoms with van der Waals surface area (Å²) in [7, 11) is 0. The summed E-state index contributed by atoms with van der Waals surface area (Å²) >= 11 is 0. The number of hydrogen-bond acceptors (Lipinski definition) is 5. The molecule has 6 heteroatoms. The van der Waals surface area contributed by atoms with Crippen LogP contribution in [0.2, 0.25) is 0 Å². The molecule has 0 saturated carbocycles. The summed E-state index contributed by atoms with van der Waals surface area (Å²) in [4.78, 5) is 33.2. The molecular formula is C12H13NO5. The van der Waals surface area contributed by atoms with Crippen LogP contribution in [0.3, 0.4) is 0 Å². The summed E-state index contributed by atoms with van der Waals surface area (Å²) in [6, 6.07) is 6.86. The minimum absolute atomic E-state index is 0.0732. The lowest BCUT2D eigenvalue weighted by molar-refractivity contribution is -0.140. The van der Waals surface area contributed by atoms with Gasteiger partial charge in [0.2, 0.25) is 0 Å². The standard InChI is InChI=1S/C12H13NO5/c13-9(6-7-10(14)15)12(17)18-11(16)8-4-2-1-3-5-8/h1-5,9H,6-7,13H2,(H,14,15)/t9-/m0/s1. The molecule has 0 aliphatic rings. The number of nitrogens with two attached hydrogens (primary N) is 1. The van der Waals surface area contributed by atoms with Gasteiger partial charge in [-0.3, -0.25) is 4.79 Å². The van der Waals surface area contributed by atoms with Crippen LogP contribution < -0.4 is 5.73 Å². The predicted molar refractivity (Wildman–Crippen MR) is 61.7 cm³/mol. The second kappa shape index (κ2) is 6.51. The Balaban J connectivity index is 2.49. The third-order valence-electron chi connectivity index (χ3n) is 2.17. The van der Waals surface area contributed by atoms with Gasteiger partial charge >= 0.3 is 17.9 Å². The van der Waals surface area contributed by atoms with E-state index in [0.29, 0.717) is 0 Å². The lowest BCUT2D eigenvalue weighted by Crippen LogP contribution is -2.34. The maximum absolute atomic E-state index is 11.5. The fraction of sp³-hybridized carbons (Fsp3) is 0.250. The van der Waals surface area contributed by atoms with Crippen LogP contribution in [-0.2, 0) is 14.3 Å². The number of esters is 2. The first-order valence-electron chi connectivity index (χ1n) is 5.29. The minimum atomic E-state index is -1.12. The Morgan fingerprint density at radius 3 is 2.39 bits per heavy atom. The van der Waals surface area contributed by atoms with Gasteiger partial charge in [0.25, 0.3) is 0 Å². The van der Waals surface area contributed by atoms with Crippen LogP contribution in [0.1, 0.15) is 23.2 Å². The highest BCUT2D eigenvalue weighted by Crippen LogP contribution is 2.04. The highest BCUT2D eigenvalue weighted by Gasteiger charge is 2.20. The van der Waals surface area contributed by atoms with Crippen LogP contribution in [0, 0.1) is 0 Å². The third kappa shape index (κ3) is 4.34. The molecule has 1 aromatic rings. The van der Waals surface area contributed by atoms with Gasteiger partial charge in [0.15, 0.2) is 0 Å². The zero-order chi connectivity index (χ0) is 13.5. The number of ether oxygens (including phenoxy) is 1. The van der Waals surface area contributed by atoms with E-state index >= 15 is 0 Å². The maximum atomic E-state index is 11.5. The Morgan fingerprint density at radius 1 is 1.22 bits per heavy atom. The van der Waals surface area contributed by atoms with Gasteiger partial charge in [0.05, 0.1) is 5.56 Å². The van der Waals surface area contributed by atoms with E-state index in [0.717, 1.165) is 0 Å².